The molecule has 1 atom stereocenters. The van der Waals surface area contributed by atoms with Crippen LogP contribution >= 0.6 is 0 Å². The van der Waals surface area contributed by atoms with Crippen molar-refractivity contribution in [1.29, 1.82) is 0 Å². The standard InChI is InChI=1S/C10H17NO2/c1-5-8(2)11(13)9(3)6-7-10(4)12/h5,9H,1,6-7H2,2-4H3/b11-8-. The Morgan fingerprint density at radius 3 is 2.54 bits per heavy atom. The van der Waals surface area contributed by atoms with Crippen molar-refractivity contribution in [2.75, 3.05) is 0 Å². The Labute approximate surface area is 79.3 Å². The minimum Gasteiger partial charge on any atom is -0.623 e. The number of hydrogen-bond donors (Lipinski definition) is 0. The third-order valence-electron chi connectivity index (χ3n) is 1.96. The molecule has 0 spiro atoms. The number of allylic oxidation sites excluding steroid dienone is 1. The van der Waals surface area contributed by atoms with Gasteiger partial charge in [0.05, 0.1) is 0 Å². The van der Waals surface area contributed by atoms with Crippen molar-refractivity contribution in [3.8, 4) is 0 Å². The Bertz CT molecular complexity index is 231. The van der Waals surface area contributed by atoms with Gasteiger partial charge in [0.2, 0.25) is 0 Å². The molecule has 0 aliphatic carbocycles. The zero-order chi connectivity index (χ0) is 10.4. The first-order valence-electron chi connectivity index (χ1n) is 4.40. The molecular weight excluding hydrogens is 166 g/mol. The Kier molecular flexibility index (Phi) is 5.04. The van der Waals surface area contributed by atoms with Gasteiger partial charge in [-0.05, 0) is 19.9 Å². The van der Waals surface area contributed by atoms with Gasteiger partial charge in [-0.25, -0.2) is 4.74 Å². The minimum absolute atomic E-state index is 0.122. The van der Waals surface area contributed by atoms with E-state index < -0.39 is 0 Å². The molecule has 3 nitrogen and oxygen atoms in total. The maximum absolute atomic E-state index is 11.4. The lowest BCUT2D eigenvalue weighted by Gasteiger charge is -2.13. The van der Waals surface area contributed by atoms with E-state index >= 15 is 0 Å². The summed E-state index contributed by atoms with van der Waals surface area (Å²) in [6, 6.07) is -0.151. The molecule has 0 aromatic rings. The number of hydrogen-bond acceptors (Lipinski definition) is 2. The summed E-state index contributed by atoms with van der Waals surface area (Å²) in [4.78, 5) is 10.7. The van der Waals surface area contributed by atoms with Gasteiger partial charge in [-0.3, -0.25) is 0 Å². The van der Waals surface area contributed by atoms with Crippen molar-refractivity contribution in [2.24, 2.45) is 0 Å². The van der Waals surface area contributed by atoms with Crippen LogP contribution in [0.15, 0.2) is 12.7 Å². The van der Waals surface area contributed by atoms with Gasteiger partial charge in [0, 0.05) is 19.8 Å². The Morgan fingerprint density at radius 2 is 2.15 bits per heavy atom. The second kappa shape index (κ2) is 5.51. The summed E-state index contributed by atoms with van der Waals surface area (Å²) in [7, 11) is 0. The van der Waals surface area contributed by atoms with Crippen LogP contribution in [0.1, 0.15) is 33.6 Å². The number of Topliss-reactive ketones (excluding diaryl/α,β-unsaturated/α-hetero) is 1. The molecule has 74 valence electrons. The minimum atomic E-state index is -0.151. The van der Waals surface area contributed by atoms with Crippen LogP contribution in [-0.4, -0.2) is 22.3 Å². The summed E-state index contributed by atoms with van der Waals surface area (Å²) >= 11 is 0. The van der Waals surface area contributed by atoms with E-state index in [1.165, 1.54) is 13.0 Å². The van der Waals surface area contributed by atoms with E-state index in [1.807, 2.05) is 6.92 Å². The predicted octanol–water partition coefficient (Wildman–Crippen LogP) is 1.90. The van der Waals surface area contributed by atoms with Gasteiger partial charge < -0.3 is 10.0 Å². The first kappa shape index (κ1) is 11.9. The number of rotatable bonds is 5. The van der Waals surface area contributed by atoms with E-state index in [9.17, 15) is 10.0 Å². The topological polar surface area (TPSA) is 43.1 Å². The van der Waals surface area contributed by atoms with E-state index in [4.69, 9.17) is 0 Å². The molecular formula is C10H17NO2. The molecule has 0 aliphatic heterocycles. The predicted molar refractivity (Wildman–Crippen MR) is 53.9 cm³/mol. The average Bonchev–Trinajstić information content (AvgIpc) is 2.11. The molecule has 0 saturated carbocycles. The zero-order valence-electron chi connectivity index (χ0n) is 8.54. The molecule has 0 rings (SSSR count). The lowest BCUT2D eigenvalue weighted by molar-refractivity contribution is -0.497. The number of carbonyl (C=O) groups excluding carboxylic acids is 1. The Balaban J connectivity index is 4.18. The monoisotopic (exact) mass is 183 g/mol. The highest BCUT2D eigenvalue weighted by Crippen LogP contribution is 2.02. The molecule has 0 heterocycles. The zero-order valence-corrected chi connectivity index (χ0v) is 8.54. The van der Waals surface area contributed by atoms with E-state index in [0.29, 0.717) is 18.6 Å². The van der Waals surface area contributed by atoms with Crippen LogP contribution in [0.3, 0.4) is 0 Å². The first-order chi connectivity index (χ1) is 5.99. The third kappa shape index (κ3) is 4.45. The Morgan fingerprint density at radius 1 is 1.62 bits per heavy atom. The highest BCUT2D eigenvalue weighted by molar-refractivity contribution is 5.87. The van der Waals surface area contributed by atoms with Crippen LogP contribution in [0, 0.1) is 5.21 Å². The van der Waals surface area contributed by atoms with Gasteiger partial charge in [0.1, 0.15) is 5.78 Å². The van der Waals surface area contributed by atoms with Crippen molar-refractivity contribution in [3.05, 3.63) is 17.9 Å². The Hall–Kier alpha value is -1.12. The number of carbonyl (C=O) groups is 1. The van der Waals surface area contributed by atoms with E-state index in [2.05, 4.69) is 6.58 Å². The lowest BCUT2D eigenvalue weighted by atomic mass is 10.1. The fourth-order valence-corrected chi connectivity index (χ4v) is 0.967. The lowest BCUT2D eigenvalue weighted by Crippen LogP contribution is -2.23. The fraction of sp³-hybridized carbons (Fsp3) is 0.600. The van der Waals surface area contributed by atoms with Crippen LogP contribution in [-0.2, 0) is 4.79 Å². The van der Waals surface area contributed by atoms with Crippen LogP contribution in [0.4, 0.5) is 0 Å². The summed E-state index contributed by atoms with van der Waals surface area (Å²) in [6.07, 6.45) is 2.59. The van der Waals surface area contributed by atoms with Crippen molar-refractivity contribution >= 4 is 11.5 Å². The molecule has 0 fully saturated rings. The average molecular weight is 183 g/mol. The highest BCUT2D eigenvalue weighted by Gasteiger charge is 2.11. The van der Waals surface area contributed by atoms with Crippen molar-refractivity contribution in [2.45, 2.75) is 39.7 Å². The normalized spacial score (nSPS) is 14.7. The molecule has 0 aromatic carbocycles. The molecule has 0 radical (unpaired) electrons. The molecule has 0 N–H and O–H groups in total. The quantitative estimate of drug-likeness (QED) is 0.283. The molecule has 0 bridgehead atoms. The van der Waals surface area contributed by atoms with Crippen LogP contribution in [0.2, 0.25) is 0 Å². The summed E-state index contributed by atoms with van der Waals surface area (Å²) in [5, 5.41) is 11.4. The fourth-order valence-electron chi connectivity index (χ4n) is 0.967. The van der Waals surface area contributed by atoms with Crippen molar-refractivity contribution in [1.82, 2.24) is 0 Å². The second-order valence-corrected chi connectivity index (χ2v) is 3.26. The largest absolute Gasteiger partial charge is 0.623 e. The number of hydroxylamine groups is 1. The second-order valence-electron chi connectivity index (χ2n) is 3.26. The van der Waals surface area contributed by atoms with Gasteiger partial charge in [0.15, 0.2) is 11.8 Å². The number of ketones is 1. The van der Waals surface area contributed by atoms with E-state index in [0.717, 1.165) is 4.74 Å². The number of nitrogens with zero attached hydrogens (tertiary/aromatic N) is 1. The van der Waals surface area contributed by atoms with Gasteiger partial charge >= 0.3 is 0 Å². The molecule has 0 aromatic heterocycles. The summed E-state index contributed by atoms with van der Waals surface area (Å²) in [5.41, 5.74) is 0.594. The van der Waals surface area contributed by atoms with Crippen molar-refractivity contribution < 1.29 is 9.53 Å². The van der Waals surface area contributed by atoms with Gasteiger partial charge in [-0.15, -0.1) is 0 Å². The molecule has 13 heavy (non-hydrogen) atoms. The van der Waals surface area contributed by atoms with E-state index in [1.54, 1.807) is 6.92 Å². The first-order valence-corrected chi connectivity index (χ1v) is 4.40. The van der Waals surface area contributed by atoms with Gasteiger partial charge in [-0.2, -0.15) is 0 Å². The summed E-state index contributed by atoms with van der Waals surface area (Å²) < 4.78 is 0.899. The van der Waals surface area contributed by atoms with Crippen LogP contribution in [0.25, 0.3) is 0 Å². The SMILES string of the molecule is C=C/C(C)=[N+](\[O-])C(C)CCC(C)=O. The van der Waals surface area contributed by atoms with Crippen LogP contribution in [0.5, 0.6) is 0 Å². The van der Waals surface area contributed by atoms with Gasteiger partial charge in [0.25, 0.3) is 0 Å². The van der Waals surface area contributed by atoms with Crippen LogP contribution < -0.4 is 0 Å². The maximum atomic E-state index is 11.4. The molecule has 0 amide bonds. The van der Waals surface area contributed by atoms with E-state index in [-0.39, 0.29) is 11.8 Å². The summed E-state index contributed by atoms with van der Waals surface area (Å²) in [5.74, 6) is 0.122. The molecule has 0 aliphatic rings. The van der Waals surface area contributed by atoms with Crippen molar-refractivity contribution in [3.63, 3.8) is 0 Å². The third-order valence-corrected chi connectivity index (χ3v) is 1.96. The highest BCUT2D eigenvalue weighted by atomic mass is 16.5. The smallest absolute Gasteiger partial charge is 0.183 e. The summed E-state index contributed by atoms with van der Waals surface area (Å²) in [6.45, 7) is 8.57. The maximum Gasteiger partial charge on any atom is 0.183 e. The van der Waals surface area contributed by atoms with Gasteiger partial charge in [-0.1, -0.05) is 6.58 Å². The molecule has 3 heteroatoms. The molecule has 1 unspecified atom stereocenters. The molecule has 0 saturated heterocycles.